The summed E-state index contributed by atoms with van der Waals surface area (Å²) in [4.78, 5) is 22.6. The summed E-state index contributed by atoms with van der Waals surface area (Å²) >= 11 is 2.48. The van der Waals surface area contributed by atoms with Crippen molar-refractivity contribution in [2.45, 2.75) is 12.8 Å². The molecular formula is C10H16O4S2. The first-order valence-electron chi connectivity index (χ1n) is 5.26. The van der Waals surface area contributed by atoms with Crippen LogP contribution in [0, 0.1) is 0 Å². The molecule has 6 heteroatoms. The second kappa shape index (κ2) is 9.04. The Bertz CT molecular complexity index is 209. The summed E-state index contributed by atoms with van der Waals surface area (Å²) < 4.78 is 10.6. The van der Waals surface area contributed by atoms with Gasteiger partial charge in [0, 0.05) is 24.3 Å². The summed E-state index contributed by atoms with van der Waals surface area (Å²) in [5.74, 6) is 1.31. The zero-order valence-electron chi connectivity index (χ0n) is 9.11. The molecule has 0 aromatic carbocycles. The lowest BCUT2D eigenvalue weighted by atomic mass is 10.4. The topological polar surface area (TPSA) is 52.6 Å². The van der Waals surface area contributed by atoms with E-state index in [4.69, 9.17) is 9.47 Å². The number of hydrogen-bond acceptors (Lipinski definition) is 6. The molecule has 0 aliphatic carbocycles. The van der Waals surface area contributed by atoms with E-state index in [0.29, 0.717) is 50.8 Å². The van der Waals surface area contributed by atoms with Crippen LogP contribution in [0.15, 0.2) is 0 Å². The van der Waals surface area contributed by atoms with Crippen molar-refractivity contribution in [3.8, 4) is 0 Å². The SMILES string of the molecule is O=C1CCC(=O)SCCOCCOCCS1. The van der Waals surface area contributed by atoms with Gasteiger partial charge < -0.3 is 9.47 Å². The zero-order valence-corrected chi connectivity index (χ0v) is 10.7. The van der Waals surface area contributed by atoms with Gasteiger partial charge in [0.1, 0.15) is 0 Å². The van der Waals surface area contributed by atoms with Crippen molar-refractivity contribution < 1.29 is 19.1 Å². The van der Waals surface area contributed by atoms with Gasteiger partial charge in [0.05, 0.1) is 26.4 Å². The lowest BCUT2D eigenvalue weighted by Crippen LogP contribution is -2.10. The molecule has 0 radical (unpaired) electrons. The summed E-state index contributed by atoms with van der Waals surface area (Å²) in [6.45, 7) is 2.21. The van der Waals surface area contributed by atoms with Crippen LogP contribution in [0.5, 0.6) is 0 Å². The molecule has 92 valence electrons. The van der Waals surface area contributed by atoms with Gasteiger partial charge in [0.15, 0.2) is 10.2 Å². The summed E-state index contributed by atoms with van der Waals surface area (Å²) in [5.41, 5.74) is 0. The van der Waals surface area contributed by atoms with Crippen molar-refractivity contribution in [2.24, 2.45) is 0 Å². The van der Waals surface area contributed by atoms with Gasteiger partial charge in [-0.05, 0) is 0 Å². The Morgan fingerprint density at radius 3 is 1.62 bits per heavy atom. The monoisotopic (exact) mass is 264 g/mol. The molecule has 1 rings (SSSR count). The van der Waals surface area contributed by atoms with E-state index in [1.54, 1.807) is 0 Å². The maximum Gasteiger partial charge on any atom is 0.189 e. The molecule has 0 aromatic heterocycles. The van der Waals surface area contributed by atoms with Crippen LogP contribution in [0.25, 0.3) is 0 Å². The third-order valence-electron chi connectivity index (χ3n) is 1.89. The molecule has 1 aliphatic rings. The second-order valence-electron chi connectivity index (χ2n) is 3.17. The molecular weight excluding hydrogens is 248 g/mol. The Hall–Kier alpha value is -0.0400. The fourth-order valence-electron chi connectivity index (χ4n) is 1.10. The largest absolute Gasteiger partial charge is 0.378 e. The molecule has 0 spiro atoms. The zero-order chi connectivity index (χ0) is 11.6. The molecule has 1 fully saturated rings. The van der Waals surface area contributed by atoms with Crippen LogP contribution in [0.2, 0.25) is 0 Å². The molecule has 0 unspecified atom stereocenters. The highest BCUT2D eigenvalue weighted by Crippen LogP contribution is 2.12. The van der Waals surface area contributed by atoms with Crippen molar-refractivity contribution in [3.63, 3.8) is 0 Å². The third kappa shape index (κ3) is 7.27. The fourth-order valence-corrected chi connectivity index (χ4v) is 2.45. The molecule has 16 heavy (non-hydrogen) atoms. The molecule has 0 atom stereocenters. The van der Waals surface area contributed by atoms with Crippen molar-refractivity contribution in [2.75, 3.05) is 37.9 Å². The molecule has 1 aliphatic heterocycles. The van der Waals surface area contributed by atoms with Gasteiger partial charge in [-0.15, -0.1) is 0 Å². The standard InChI is InChI=1S/C10H16O4S2/c11-9-1-2-10(12)16-8-6-14-4-3-13-5-7-15-9/h1-8H2. The second-order valence-corrected chi connectivity index (χ2v) is 5.47. The number of thioether (sulfide) groups is 2. The van der Waals surface area contributed by atoms with Crippen molar-refractivity contribution in [3.05, 3.63) is 0 Å². The van der Waals surface area contributed by atoms with E-state index in [-0.39, 0.29) is 10.2 Å². The van der Waals surface area contributed by atoms with Crippen LogP contribution in [0.4, 0.5) is 0 Å². The summed E-state index contributed by atoms with van der Waals surface area (Å²) in [5, 5.41) is 0.150. The van der Waals surface area contributed by atoms with Crippen molar-refractivity contribution in [1.29, 1.82) is 0 Å². The number of hydrogen-bond donors (Lipinski definition) is 0. The van der Waals surface area contributed by atoms with Crippen LogP contribution >= 0.6 is 23.5 Å². The number of rotatable bonds is 0. The van der Waals surface area contributed by atoms with Gasteiger partial charge in [-0.1, -0.05) is 23.5 Å². The molecule has 1 saturated heterocycles. The van der Waals surface area contributed by atoms with E-state index >= 15 is 0 Å². The summed E-state index contributed by atoms with van der Waals surface area (Å²) in [6.07, 6.45) is 0.661. The first-order valence-corrected chi connectivity index (χ1v) is 7.23. The maximum absolute atomic E-state index is 11.3. The molecule has 4 nitrogen and oxygen atoms in total. The normalized spacial score (nSPS) is 22.8. The van der Waals surface area contributed by atoms with Crippen LogP contribution < -0.4 is 0 Å². The van der Waals surface area contributed by atoms with Crippen molar-refractivity contribution in [1.82, 2.24) is 0 Å². The van der Waals surface area contributed by atoms with Crippen molar-refractivity contribution >= 4 is 33.8 Å². The lowest BCUT2D eigenvalue weighted by Gasteiger charge is -2.07. The molecule has 0 saturated carbocycles. The van der Waals surface area contributed by atoms with E-state index in [1.165, 1.54) is 23.5 Å². The van der Waals surface area contributed by atoms with E-state index in [1.807, 2.05) is 0 Å². The van der Waals surface area contributed by atoms with E-state index in [0.717, 1.165) is 0 Å². The predicted molar refractivity (Wildman–Crippen MR) is 65.8 cm³/mol. The Labute approximate surface area is 104 Å². The highest BCUT2D eigenvalue weighted by molar-refractivity contribution is 8.14. The Morgan fingerprint density at radius 2 is 1.19 bits per heavy atom. The molecule has 0 amide bonds. The minimum atomic E-state index is 0.0749. The third-order valence-corrected chi connectivity index (χ3v) is 3.68. The van der Waals surface area contributed by atoms with Gasteiger partial charge in [-0.25, -0.2) is 0 Å². The number of ether oxygens (including phenoxy) is 2. The first kappa shape index (κ1) is 14.0. The quantitative estimate of drug-likeness (QED) is 0.658. The minimum absolute atomic E-state index is 0.0749. The first-order chi connectivity index (χ1) is 7.79. The summed E-state index contributed by atoms with van der Waals surface area (Å²) in [6, 6.07) is 0. The van der Waals surface area contributed by atoms with Gasteiger partial charge in [-0.2, -0.15) is 0 Å². The smallest absolute Gasteiger partial charge is 0.189 e. The molecule has 0 aromatic rings. The highest BCUT2D eigenvalue weighted by Gasteiger charge is 2.08. The van der Waals surface area contributed by atoms with E-state index in [2.05, 4.69) is 0 Å². The fraction of sp³-hybridized carbons (Fsp3) is 0.800. The average Bonchev–Trinajstić information content (AvgIpc) is 2.28. The van der Waals surface area contributed by atoms with Crippen LogP contribution in [0.3, 0.4) is 0 Å². The van der Waals surface area contributed by atoms with E-state index < -0.39 is 0 Å². The Morgan fingerprint density at radius 1 is 0.750 bits per heavy atom. The van der Waals surface area contributed by atoms with Crippen LogP contribution in [-0.2, 0) is 19.1 Å². The average molecular weight is 264 g/mol. The van der Waals surface area contributed by atoms with Gasteiger partial charge in [-0.3, -0.25) is 9.59 Å². The van der Waals surface area contributed by atoms with Gasteiger partial charge in [0.25, 0.3) is 0 Å². The predicted octanol–water partition coefficient (Wildman–Crippen LogP) is 1.33. The highest BCUT2D eigenvalue weighted by atomic mass is 32.2. The minimum Gasteiger partial charge on any atom is -0.378 e. The summed E-state index contributed by atoms with van der Waals surface area (Å²) in [7, 11) is 0. The van der Waals surface area contributed by atoms with Crippen LogP contribution in [0.1, 0.15) is 12.8 Å². The Kier molecular flexibility index (Phi) is 7.92. The molecule has 0 bridgehead atoms. The van der Waals surface area contributed by atoms with Gasteiger partial charge in [0.2, 0.25) is 0 Å². The Balaban J connectivity index is 2.25. The van der Waals surface area contributed by atoms with E-state index in [9.17, 15) is 9.59 Å². The molecule has 0 N–H and O–H groups in total. The maximum atomic E-state index is 11.3. The van der Waals surface area contributed by atoms with Crippen LogP contribution in [-0.4, -0.2) is 48.2 Å². The molecule has 1 heterocycles. The number of carbonyl (C=O) groups is 2. The number of carbonyl (C=O) groups excluding carboxylic acids is 2. The van der Waals surface area contributed by atoms with Gasteiger partial charge >= 0.3 is 0 Å². The lowest BCUT2D eigenvalue weighted by molar-refractivity contribution is -0.115.